The van der Waals surface area contributed by atoms with Crippen molar-refractivity contribution in [3.63, 3.8) is 0 Å². The topological polar surface area (TPSA) is 60.4 Å². The van der Waals surface area contributed by atoms with E-state index in [4.69, 9.17) is 4.52 Å². The molecule has 0 radical (unpaired) electrons. The van der Waals surface area contributed by atoms with Crippen molar-refractivity contribution in [1.29, 1.82) is 0 Å². The van der Waals surface area contributed by atoms with E-state index in [9.17, 15) is 4.79 Å². The lowest BCUT2D eigenvalue weighted by atomic mass is 10.1. The summed E-state index contributed by atoms with van der Waals surface area (Å²) in [7, 11) is 1.91. The molecule has 1 aromatic carbocycles. The van der Waals surface area contributed by atoms with E-state index in [1.54, 1.807) is 13.0 Å². The van der Waals surface area contributed by atoms with Gasteiger partial charge in [0.15, 0.2) is 10.5 Å². The van der Waals surface area contributed by atoms with E-state index in [2.05, 4.69) is 36.1 Å². The summed E-state index contributed by atoms with van der Waals surface area (Å²) in [5, 5.41) is 3.70. The van der Waals surface area contributed by atoms with Gasteiger partial charge in [-0.15, -0.1) is 0 Å². The molecule has 3 aromatic rings. The lowest BCUT2D eigenvalue weighted by Gasteiger charge is -2.00. The minimum Gasteiger partial charge on any atom is -0.361 e. The zero-order chi connectivity index (χ0) is 15.1. The van der Waals surface area contributed by atoms with E-state index in [-0.39, 0.29) is 11.6 Å². The summed E-state index contributed by atoms with van der Waals surface area (Å²) in [4.78, 5) is 16.9. The van der Waals surface area contributed by atoms with Gasteiger partial charge in [0.2, 0.25) is 0 Å². The van der Waals surface area contributed by atoms with Crippen LogP contribution >= 0.6 is 11.3 Å². The Kier molecular flexibility index (Phi) is 3.25. The Balaban J connectivity index is 2.14. The second-order valence-electron chi connectivity index (χ2n) is 5.09. The highest BCUT2D eigenvalue weighted by Gasteiger charge is 2.11. The van der Waals surface area contributed by atoms with Gasteiger partial charge < -0.3 is 9.09 Å². The van der Waals surface area contributed by atoms with Gasteiger partial charge in [0.1, 0.15) is 5.76 Å². The van der Waals surface area contributed by atoms with Gasteiger partial charge >= 0.3 is 5.91 Å². The van der Waals surface area contributed by atoms with Gasteiger partial charge in [0.25, 0.3) is 0 Å². The van der Waals surface area contributed by atoms with Gasteiger partial charge in [-0.2, -0.15) is 4.99 Å². The lowest BCUT2D eigenvalue weighted by Crippen LogP contribution is -2.13. The summed E-state index contributed by atoms with van der Waals surface area (Å²) in [5.41, 5.74) is 3.76. The van der Waals surface area contributed by atoms with Crippen LogP contribution in [0.2, 0.25) is 0 Å². The molecule has 0 spiro atoms. The van der Waals surface area contributed by atoms with Gasteiger partial charge in [0.05, 0.1) is 10.2 Å². The van der Waals surface area contributed by atoms with Crippen LogP contribution in [0.15, 0.2) is 27.7 Å². The average Bonchev–Trinajstić information content (AvgIpc) is 2.98. The number of carbonyl (C=O) groups is 1. The Morgan fingerprint density at radius 2 is 1.95 bits per heavy atom. The Labute approximate surface area is 125 Å². The SMILES string of the molecule is Cc1cc(C(=O)N=c2sc3cc(C)c(C)cc3n2C)no1. The first-order valence-corrected chi connectivity index (χ1v) is 7.36. The lowest BCUT2D eigenvalue weighted by molar-refractivity contribution is 0.0989. The molecule has 6 heteroatoms. The van der Waals surface area contributed by atoms with Crippen LogP contribution in [-0.4, -0.2) is 15.6 Å². The molecule has 0 aliphatic heterocycles. The number of thiazole rings is 1. The number of nitrogens with zero attached hydrogens (tertiary/aromatic N) is 3. The van der Waals surface area contributed by atoms with Crippen molar-refractivity contribution in [2.75, 3.05) is 0 Å². The van der Waals surface area contributed by atoms with Crippen molar-refractivity contribution in [3.05, 3.63) is 45.6 Å². The molecular formula is C15H15N3O2S. The second-order valence-corrected chi connectivity index (χ2v) is 6.10. The number of aryl methyl sites for hydroxylation is 4. The predicted molar refractivity (Wildman–Crippen MR) is 81.4 cm³/mol. The predicted octanol–water partition coefficient (Wildman–Crippen LogP) is 2.89. The van der Waals surface area contributed by atoms with Gasteiger partial charge in [-0.05, 0) is 44.0 Å². The normalized spacial score (nSPS) is 12.3. The maximum absolute atomic E-state index is 12.1. The third-order valence-corrected chi connectivity index (χ3v) is 4.56. The molecule has 108 valence electrons. The third-order valence-electron chi connectivity index (χ3n) is 3.47. The number of amides is 1. The van der Waals surface area contributed by atoms with Gasteiger partial charge in [-0.25, -0.2) is 0 Å². The fourth-order valence-electron chi connectivity index (χ4n) is 2.10. The van der Waals surface area contributed by atoms with E-state index in [1.807, 2.05) is 11.6 Å². The quantitative estimate of drug-likeness (QED) is 0.694. The van der Waals surface area contributed by atoms with Crippen molar-refractivity contribution in [1.82, 2.24) is 9.72 Å². The Hall–Kier alpha value is -2.21. The highest BCUT2D eigenvalue weighted by Crippen LogP contribution is 2.21. The molecule has 1 amide bonds. The van der Waals surface area contributed by atoms with Crippen LogP contribution in [0.3, 0.4) is 0 Å². The van der Waals surface area contributed by atoms with Crippen LogP contribution in [0.5, 0.6) is 0 Å². The molecule has 0 aliphatic carbocycles. The van der Waals surface area contributed by atoms with E-state index in [1.165, 1.54) is 22.5 Å². The number of aromatic nitrogens is 2. The zero-order valence-corrected chi connectivity index (χ0v) is 13.1. The van der Waals surface area contributed by atoms with E-state index >= 15 is 0 Å². The molecule has 0 atom stereocenters. The van der Waals surface area contributed by atoms with Crippen molar-refractivity contribution >= 4 is 27.5 Å². The van der Waals surface area contributed by atoms with Crippen LogP contribution < -0.4 is 4.80 Å². The highest BCUT2D eigenvalue weighted by molar-refractivity contribution is 7.16. The first-order valence-electron chi connectivity index (χ1n) is 6.55. The second kappa shape index (κ2) is 4.96. The summed E-state index contributed by atoms with van der Waals surface area (Å²) >= 11 is 1.49. The maximum Gasteiger partial charge on any atom is 0.301 e. The largest absolute Gasteiger partial charge is 0.361 e. The average molecular weight is 301 g/mol. The van der Waals surface area contributed by atoms with E-state index in [0.29, 0.717) is 10.6 Å². The highest BCUT2D eigenvalue weighted by atomic mass is 32.1. The molecule has 0 fully saturated rings. The molecule has 0 unspecified atom stereocenters. The van der Waals surface area contributed by atoms with Gasteiger partial charge in [0, 0.05) is 13.1 Å². The maximum atomic E-state index is 12.1. The van der Waals surface area contributed by atoms with Crippen LogP contribution in [0.25, 0.3) is 10.2 Å². The molecular weight excluding hydrogens is 286 g/mol. The number of hydrogen-bond donors (Lipinski definition) is 0. The summed E-state index contributed by atoms with van der Waals surface area (Å²) in [6.45, 7) is 5.90. The Bertz CT molecular complexity index is 915. The molecule has 2 heterocycles. The molecule has 21 heavy (non-hydrogen) atoms. The van der Waals surface area contributed by atoms with Crippen molar-refractivity contribution in [2.45, 2.75) is 20.8 Å². The van der Waals surface area contributed by atoms with Crippen LogP contribution in [-0.2, 0) is 7.05 Å². The van der Waals surface area contributed by atoms with E-state index < -0.39 is 0 Å². The third kappa shape index (κ3) is 2.42. The Morgan fingerprint density at radius 1 is 1.24 bits per heavy atom. The molecule has 0 saturated heterocycles. The molecule has 3 rings (SSSR count). The van der Waals surface area contributed by atoms with Crippen LogP contribution in [0.4, 0.5) is 0 Å². The van der Waals surface area contributed by atoms with Crippen LogP contribution in [0.1, 0.15) is 27.4 Å². The number of fused-ring (bicyclic) bond motifs is 1. The molecule has 0 saturated carbocycles. The first kappa shape index (κ1) is 13.8. The van der Waals surface area contributed by atoms with Crippen molar-refractivity contribution < 1.29 is 9.32 Å². The van der Waals surface area contributed by atoms with Crippen LogP contribution in [0, 0.1) is 20.8 Å². The minimum atomic E-state index is -0.387. The Morgan fingerprint density at radius 3 is 2.62 bits per heavy atom. The number of hydrogen-bond acceptors (Lipinski definition) is 4. The molecule has 5 nitrogen and oxygen atoms in total. The molecule has 2 aromatic heterocycles. The first-order chi connectivity index (χ1) is 9.95. The smallest absolute Gasteiger partial charge is 0.301 e. The minimum absolute atomic E-state index is 0.234. The fourth-order valence-corrected chi connectivity index (χ4v) is 3.19. The summed E-state index contributed by atoms with van der Waals surface area (Å²) in [6.07, 6.45) is 0. The standard InChI is InChI=1S/C15H15N3O2S/c1-8-5-12-13(6-9(8)2)21-15(18(12)4)16-14(19)11-7-10(3)20-17-11/h5-7H,1-4H3. The number of carbonyl (C=O) groups excluding carboxylic acids is 1. The molecule has 0 N–H and O–H groups in total. The zero-order valence-electron chi connectivity index (χ0n) is 12.3. The summed E-state index contributed by atoms with van der Waals surface area (Å²) in [6, 6.07) is 5.83. The monoisotopic (exact) mass is 301 g/mol. The van der Waals surface area contributed by atoms with Crippen molar-refractivity contribution in [3.8, 4) is 0 Å². The number of benzene rings is 1. The van der Waals surface area contributed by atoms with Crippen molar-refractivity contribution in [2.24, 2.45) is 12.0 Å². The fraction of sp³-hybridized carbons (Fsp3) is 0.267. The summed E-state index contributed by atoms with van der Waals surface area (Å²) in [5.74, 6) is 0.211. The molecule has 0 bridgehead atoms. The summed E-state index contributed by atoms with van der Waals surface area (Å²) < 4.78 is 7.95. The molecule has 0 aliphatic rings. The van der Waals surface area contributed by atoms with E-state index in [0.717, 1.165) is 10.2 Å². The van der Waals surface area contributed by atoms with Gasteiger partial charge in [-0.3, -0.25) is 4.79 Å². The number of rotatable bonds is 1. The van der Waals surface area contributed by atoms with Gasteiger partial charge in [-0.1, -0.05) is 16.5 Å².